The van der Waals surface area contributed by atoms with Crippen molar-refractivity contribution in [3.8, 4) is 0 Å². The van der Waals surface area contributed by atoms with Crippen LogP contribution in [0.5, 0.6) is 0 Å². The van der Waals surface area contributed by atoms with Gasteiger partial charge in [0.2, 0.25) is 0 Å². The smallest absolute Gasteiger partial charge is 0.135 e. The maximum absolute atomic E-state index is 5.37. The Morgan fingerprint density at radius 1 is 1.22 bits per heavy atom. The number of nitrogens with zero attached hydrogens (tertiary/aromatic N) is 2. The summed E-state index contributed by atoms with van der Waals surface area (Å²) in [4.78, 5) is 8.76. The lowest BCUT2D eigenvalue weighted by Crippen LogP contribution is -2.11. The van der Waals surface area contributed by atoms with Gasteiger partial charge in [-0.05, 0) is 32.9 Å². The lowest BCUT2D eigenvalue weighted by molar-refractivity contribution is 0.490. The number of aromatic nitrogens is 2. The molecule has 0 aromatic carbocycles. The molecule has 0 aliphatic carbocycles. The molecule has 1 unspecified atom stereocenters. The van der Waals surface area contributed by atoms with Crippen molar-refractivity contribution in [3.63, 3.8) is 0 Å². The summed E-state index contributed by atoms with van der Waals surface area (Å²) in [5, 5.41) is 6.41. The molecule has 2 rings (SSSR count). The number of hydrogen-bond donors (Lipinski definition) is 2. The second-order valence-corrected chi connectivity index (χ2v) is 4.22. The van der Waals surface area contributed by atoms with Crippen LogP contribution in [-0.4, -0.2) is 17.0 Å². The van der Waals surface area contributed by atoms with Crippen LogP contribution in [0.15, 0.2) is 22.8 Å². The Balaban J connectivity index is 2.26. The van der Waals surface area contributed by atoms with Gasteiger partial charge in [0, 0.05) is 12.6 Å². The summed E-state index contributed by atoms with van der Waals surface area (Å²) in [6.45, 7) is 5.90. The summed E-state index contributed by atoms with van der Waals surface area (Å²) in [5.74, 6) is 3.29. The van der Waals surface area contributed by atoms with Gasteiger partial charge in [-0.25, -0.2) is 9.97 Å². The number of hydrogen-bond acceptors (Lipinski definition) is 5. The van der Waals surface area contributed by atoms with Crippen molar-refractivity contribution in [1.29, 1.82) is 0 Å². The summed E-state index contributed by atoms with van der Waals surface area (Å²) < 4.78 is 5.37. The molecule has 0 fully saturated rings. The van der Waals surface area contributed by atoms with E-state index in [1.165, 1.54) is 0 Å². The number of nitrogens with one attached hydrogen (secondary N) is 2. The SMILES string of the molecule is CNc1nc(C)nc(NC(C)c2ccco2)c1C. The zero-order valence-electron chi connectivity index (χ0n) is 11.1. The molecule has 0 spiro atoms. The van der Waals surface area contributed by atoms with Crippen molar-refractivity contribution < 1.29 is 4.42 Å². The molecule has 0 amide bonds. The van der Waals surface area contributed by atoms with Gasteiger partial charge in [0.1, 0.15) is 23.2 Å². The van der Waals surface area contributed by atoms with Gasteiger partial charge in [0.15, 0.2) is 0 Å². The van der Waals surface area contributed by atoms with E-state index < -0.39 is 0 Å². The molecule has 2 heterocycles. The Bertz CT molecular complexity index is 522. The molecule has 0 aliphatic rings. The molecule has 2 aromatic heterocycles. The van der Waals surface area contributed by atoms with Gasteiger partial charge >= 0.3 is 0 Å². The summed E-state index contributed by atoms with van der Waals surface area (Å²) in [5.41, 5.74) is 1.00. The van der Waals surface area contributed by atoms with Crippen molar-refractivity contribution in [3.05, 3.63) is 35.5 Å². The highest BCUT2D eigenvalue weighted by Gasteiger charge is 2.13. The molecule has 0 aliphatic heterocycles. The van der Waals surface area contributed by atoms with Crippen molar-refractivity contribution in [2.24, 2.45) is 0 Å². The molecule has 0 saturated heterocycles. The minimum Gasteiger partial charge on any atom is -0.467 e. The van der Waals surface area contributed by atoms with Crippen LogP contribution in [0.4, 0.5) is 11.6 Å². The van der Waals surface area contributed by atoms with Crippen molar-refractivity contribution in [1.82, 2.24) is 9.97 Å². The van der Waals surface area contributed by atoms with Crippen LogP contribution >= 0.6 is 0 Å². The first-order valence-corrected chi connectivity index (χ1v) is 5.94. The van der Waals surface area contributed by atoms with E-state index in [0.29, 0.717) is 0 Å². The minimum atomic E-state index is 0.0673. The highest BCUT2D eigenvalue weighted by atomic mass is 16.3. The lowest BCUT2D eigenvalue weighted by Gasteiger charge is -2.16. The van der Waals surface area contributed by atoms with Gasteiger partial charge in [-0.3, -0.25) is 0 Å². The average Bonchev–Trinajstić information content (AvgIpc) is 2.87. The molecule has 5 nitrogen and oxygen atoms in total. The van der Waals surface area contributed by atoms with Crippen molar-refractivity contribution in [2.75, 3.05) is 17.7 Å². The molecule has 5 heteroatoms. The summed E-state index contributed by atoms with van der Waals surface area (Å²) in [6.07, 6.45) is 1.67. The van der Waals surface area contributed by atoms with Gasteiger partial charge in [0.25, 0.3) is 0 Å². The standard InChI is InChI=1S/C13H18N4O/c1-8-12(14-4)16-10(3)17-13(8)15-9(2)11-6-5-7-18-11/h5-7,9H,1-4H3,(H2,14,15,16,17). The maximum atomic E-state index is 5.37. The third-order valence-corrected chi connectivity index (χ3v) is 2.82. The maximum Gasteiger partial charge on any atom is 0.135 e. The van der Waals surface area contributed by atoms with Crippen LogP contribution in [0.3, 0.4) is 0 Å². The predicted octanol–water partition coefficient (Wildman–Crippen LogP) is 2.90. The second-order valence-electron chi connectivity index (χ2n) is 4.22. The van der Waals surface area contributed by atoms with E-state index in [1.54, 1.807) is 6.26 Å². The number of aryl methyl sites for hydroxylation is 1. The highest BCUT2D eigenvalue weighted by Crippen LogP contribution is 2.24. The predicted molar refractivity (Wildman–Crippen MR) is 71.8 cm³/mol. The van der Waals surface area contributed by atoms with Crippen LogP contribution in [0, 0.1) is 13.8 Å². The normalized spacial score (nSPS) is 12.2. The molecule has 0 saturated carbocycles. The van der Waals surface area contributed by atoms with E-state index in [9.17, 15) is 0 Å². The molecular weight excluding hydrogens is 228 g/mol. The van der Waals surface area contributed by atoms with E-state index in [4.69, 9.17) is 4.42 Å². The van der Waals surface area contributed by atoms with Crippen LogP contribution in [0.1, 0.15) is 30.1 Å². The molecule has 96 valence electrons. The lowest BCUT2D eigenvalue weighted by atomic mass is 10.2. The van der Waals surface area contributed by atoms with Gasteiger partial charge in [-0.2, -0.15) is 0 Å². The molecule has 0 bridgehead atoms. The Morgan fingerprint density at radius 3 is 2.56 bits per heavy atom. The van der Waals surface area contributed by atoms with Gasteiger partial charge in [0.05, 0.1) is 12.3 Å². The quantitative estimate of drug-likeness (QED) is 0.868. The summed E-state index contributed by atoms with van der Waals surface area (Å²) >= 11 is 0. The Labute approximate surface area is 107 Å². The molecule has 2 N–H and O–H groups in total. The largest absolute Gasteiger partial charge is 0.467 e. The van der Waals surface area contributed by atoms with Crippen LogP contribution in [-0.2, 0) is 0 Å². The second kappa shape index (κ2) is 5.08. The highest BCUT2D eigenvalue weighted by molar-refractivity contribution is 5.57. The number of furan rings is 1. The zero-order valence-corrected chi connectivity index (χ0v) is 11.1. The van der Waals surface area contributed by atoms with Gasteiger partial charge in [-0.1, -0.05) is 0 Å². The Hall–Kier alpha value is -2.04. The summed E-state index contributed by atoms with van der Waals surface area (Å²) in [7, 11) is 1.86. The van der Waals surface area contributed by atoms with Crippen LogP contribution in [0.2, 0.25) is 0 Å². The van der Waals surface area contributed by atoms with E-state index in [1.807, 2.05) is 40.0 Å². The number of anilines is 2. The monoisotopic (exact) mass is 246 g/mol. The average molecular weight is 246 g/mol. The topological polar surface area (TPSA) is 63.0 Å². The van der Waals surface area contributed by atoms with E-state index >= 15 is 0 Å². The minimum absolute atomic E-state index is 0.0673. The summed E-state index contributed by atoms with van der Waals surface area (Å²) in [6, 6.07) is 3.89. The van der Waals surface area contributed by atoms with Gasteiger partial charge in [-0.15, -0.1) is 0 Å². The van der Waals surface area contributed by atoms with Gasteiger partial charge < -0.3 is 15.1 Å². The fourth-order valence-electron chi connectivity index (χ4n) is 1.83. The zero-order chi connectivity index (χ0) is 13.1. The fourth-order valence-corrected chi connectivity index (χ4v) is 1.83. The van der Waals surface area contributed by atoms with E-state index in [2.05, 4.69) is 20.6 Å². The Morgan fingerprint density at radius 2 is 1.94 bits per heavy atom. The molecule has 2 aromatic rings. The molecule has 0 radical (unpaired) electrons. The first kappa shape index (κ1) is 12.4. The van der Waals surface area contributed by atoms with Crippen molar-refractivity contribution >= 4 is 11.6 Å². The Kier molecular flexibility index (Phi) is 3.50. The third kappa shape index (κ3) is 2.45. The van der Waals surface area contributed by atoms with Crippen LogP contribution < -0.4 is 10.6 Å². The number of rotatable bonds is 4. The van der Waals surface area contributed by atoms with Crippen molar-refractivity contribution in [2.45, 2.75) is 26.8 Å². The third-order valence-electron chi connectivity index (χ3n) is 2.82. The molecular formula is C13H18N4O. The van der Waals surface area contributed by atoms with E-state index in [0.717, 1.165) is 28.8 Å². The van der Waals surface area contributed by atoms with Crippen LogP contribution in [0.25, 0.3) is 0 Å². The molecule has 1 atom stereocenters. The fraction of sp³-hybridized carbons (Fsp3) is 0.385. The first-order chi connectivity index (χ1) is 8.61. The molecule has 18 heavy (non-hydrogen) atoms. The first-order valence-electron chi connectivity index (χ1n) is 5.94. The van der Waals surface area contributed by atoms with E-state index in [-0.39, 0.29) is 6.04 Å².